The molecule has 1 unspecified atom stereocenters. The van der Waals surface area contributed by atoms with E-state index in [1.807, 2.05) is 13.1 Å². The first kappa shape index (κ1) is 13.1. The lowest BCUT2D eigenvalue weighted by Gasteiger charge is -2.14. The molecule has 0 radical (unpaired) electrons. The molecule has 0 bridgehead atoms. The highest BCUT2D eigenvalue weighted by Crippen LogP contribution is 2.26. The molecule has 1 aromatic carbocycles. The Morgan fingerprint density at radius 3 is 2.39 bits per heavy atom. The van der Waals surface area contributed by atoms with E-state index in [2.05, 4.69) is 46.5 Å². The van der Waals surface area contributed by atoms with E-state index >= 15 is 0 Å². The summed E-state index contributed by atoms with van der Waals surface area (Å²) >= 11 is 1.58. The van der Waals surface area contributed by atoms with Gasteiger partial charge in [-0.1, -0.05) is 19.1 Å². The molecule has 0 aliphatic heterocycles. The molecule has 1 aromatic heterocycles. The van der Waals surface area contributed by atoms with Crippen LogP contribution in [0.25, 0.3) is 0 Å². The smallest absolute Gasteiger partial charge is 0.192 e. The van der Waals surface area contributed by atoms with Gasteiger partial charge in [-0.3, -0.25) is 0 Å². The fourth-order valence-electron chi connectivity index (χ4n) is 1.82. The van der Waals surface area contributed by atoms with Crippen molar-refractivity contribution in [3.8, 4) is 0 Å². The molecular weight excluding hydrogens is 242 g/mol. The van der Waals surface area contributed by atoms with Crippen molar-refractivity contribution < 1.29 is 0 Å². The summed E-state index contributed by atoms with van der Waals surface area (Å²) in [7, 11) is 1.99. The van der Waals surface area contributed by atoms with Crippen LogP contribution in [0.5, 0.6) is 0 Å². The van der Waals surface area contributed by atoms with E-state index in [9.17, 15) is 0 Å². The first-order valence-corrected chi connectivity index (χ1v) is 6.87. The summed E-state index contributed by atoms with van der Waals surface area (Å²) in [4.78, 5) is 9.57. The van der Waals surface area contributed by atoms with Gasteiger partial charge in [0.25, 0.3) is 0 Å². The number of rotatable bonds is 5. The number of nitrogens with one attached hydrogen (secondary N) is 1. The molecule has 3 nitrogen and oxygen atoms in total. The van der Waals surface area contributed by atoms with Crippen LogP contribution >= 0.6 is 11.8 Å². The van der Waals surface area contributed by atoms with Gasteiger partial charge in [0.1, 0.15) is 0 Å². The Kier molecular flexibility index (Phi) is 4.73. The van der Waals surface area contributed by atoms with Crippen molar-refractivity contribution in [1.82, 2.24) is 15.3 Å². The molecule has 0 spiro atoms. The zero-order valence-electron chi connectivity index (χ0n) is 10.6. The Balaban J connectivity index is 2.08. The summed E-state index contributed by atoms with van der Waals surface area (Å²) in [6.07, 6.45) is 4.61. The lowest BCUT2D eigenvalue weighted by Crippen LogP contribution is -2.14. The third-order valence-electron chi connectivity index (χ3n) is 2.79. The molecule has 1 heterocycles. The fraction of sp³-hybridized carbons (Fsp3) is 0.286. The van der Waals surface area contributed by atoms with E-state index in [4.69, 9.17) is 0 Å². The average Bonchev–Trinajstić information content (AvgIpc) is 2.43. The number of benzene rings is 1. The summed E-state index contributed by atoms with van der Waals surface area (Å²) in [6, 6.07) is 10.8. The summed E-state index contributed by atoms with van der Waals surface area (Å²) < 4.78 is 0. The Morgan fingerprint density at radius 2 is 1.83 bits per heavy atom. The summed E-state index contributed by atoms with van der Waals surface area (Å²) in [5.41, 5.74) is 1.32. The zero-order valence-corrected chi connectivity index (χ0v) is 11.4. The van der Waals surface area contributed by atoms with Crippen LogP contribution < -0.4 is 5.32 Å². The molecule has 2 rings (SSSR count). The molecule has 0 saturated heterocycles. The SMILES string of the molecule is CCC(NC)c1ccc(Sc2ncccn2)cc1. The van der Waals surface area contributed by atoms with E-state index < -0.39 is 0 Å². The Labute approximate surface area is 112 Å². The van der Waals surface area contributed by atoms with Gasteiger partial charge in [-0.25, -0.2) is 9.97 Å². The largest absolute Gasteiger partial charge is 0.313 e. The number of aromatic nitrogens is 2. The van der Waals surface area contributed by atoms with Crippen LogP contribution in [0.4, 0.5) is 0 Å². The average molecular weight is 259 g/mol. The maximum absolute atomic E-state index is 4.20. The second-order valence-electron chi connectivity index (χ2n) is 3.95. The Hall–Kier alpha value is -1.39. The molecule has 0 amide bonds. The minimum absolute atomic E-state index is 0.428. The third-order valence-corrected chi connectivity index (χ3v) is 3.69. The van der Waals surface area contributed by atoms with Gasteiger partial charge in [-0.05, 0) is 49.0 Å². The third kappa shape index (κ3) is 3.31. The minimum Gasteiger partial charge on any atom is -0.313 e. The van der Waals surface area contributed by atoms with Crippen molar-refractivity contribution in [1.29, 1.82) is 0 Å². The number of hydrogen-bond acceptors (Lipinski definition) is 4. The van der Waals surface area contributed by atoms with Crippen molar-refractivity contribution in [2.75, 3.05) is 7.05 Å². The summed E-state index contributed by atoms with van der Waals surface area (Å²) in [5.74, 6) is 0. The van der Waals surface area contributed by atoms with Crippen molar-refractivity contribution in [2.24, 2.45) is 0 Å². The van der Waals surface area contributed by atoms with Gasteiger partial charge in [0, 0.05) is 23.3 Å². The molecule has 2 aromatic rings. The standard InChI is InChI=1S/C14H17N3S/c1-3-13(15-2)11-5-7-12(8-6-11)18-14-16-9-4-10-17-14/h4-10,13,15H,3H2,1-2H3. The van der Waals surface area contributed by atoms with Crippen LogP contribution in [-0.2, 0) is 0 Å². The molecule has 94 valence electrons. The van der Waals surface area contributed by atoms with Crippen LogP contribution in [0.15, 0.2) is 52.8 Å². The molecule has 0 saturated carbocycles. The molecule has 0 aliphatic rings. The minimum atomic E-state index is 0.428. The first-order chi connectivity index (χ1) is 8.83. The van der Waals surface area contributed by atoms with Crippen LogP contribution in [0.2, 0.25) is 0 Å². The maximum Gasteiger partial charge on any atom is 0.192 e. The lowest BCUT2D eigenvalue weighted by atomic mass is 10.1. The van der Waals surface area contributed by atoms with Gasteiger partial charge in [-0.2, -0.15) is 0 Å². The normalized spacial score (nSPS) is 12.3. The van der Waals surface area contributed by atoms with Gasteiger partial charge >= 0.3 is 0 Å². The monoisotopic (exact) mass is 259 g/mol. The van der Waals surface area contributed by atoms with Gasteiger partial charge in [0.2, 0.25) is 0 Å². The van der Waals surface area contributed by atoms with Crippen molar-refractivity contribution in [3.63, 3.8) is 0 Å². The highest BCUT2D eigenvalue weighted by atomic mass is 32.2. The fourth-order valence-corrected chi connectivity index (χ4v) is 2.53. The van der Waals surface area contributed by atoms with Gasteiger partial charge in [-0.15, -0.1) is 0 Å². The van der Waals surface area contributed by atoms with Crippen molar-refractivity contribution >= 4 is 11.8 Å². The molecule has 0 fully saturated rings. The van der Waals surface area contributed by atoms with Gasteiger partial charge < -0.3 is 5.32 Å². The second-order valence-corrected chi connectivity index (χ2v) is 4.99. The summed E-state index contributed by atoms with van der Waals surface area (Å²) in [5, 5.41) is 4.09. The highest BCUT2D eigenvalue weighted by Gasteiger charge is 2.06. The topological polar surface area (TPSA) is 37.8 Å². The number of hydrogen-bond donors (Lipinski definition) is 1. The van der Waals surface area contributed by atoms with Gasteiger partial charge in [0.15, 0.2) is 5.16 Å². The molecule has 0 aliphatic carbocycles. The Bertz CT molecular complexity index is 466. The van der Waals surface area contributed by atoms with E-state index in [1.165, 1.54) is 5.56 Å². The predicted molar refractivity (Wildman–Crippen MR) is 74.7 cm³/mol. The van der Waals surface area contributed by atoms with Crippen LogP contribution in [0.3, 0.4) is 0 Å². The number of nitrogens with zero attached hydrogens (tertiary/aromatic N) is 2. The second kappa shape index (κ2) is 6.52. The first-order valence-electron chi connectivity index (χ1n) is 6.05. The zero-order chi connectivity index (χ0) is 12.8. The van der Waals surface area contributed by atoms with Crippen molar-refractivity contribution in [3.05, 3.63) is 48.3 Å². The molecule has 1 N–H and O–H groups in total. The Morgan fingerprint density at radius 1 is 1.17 bits per heavy atom. The van der Waals surface area contributed by atoms with E-state index in [-0.39, 0.29) is 0 Å². The predicted octanol–water partition coefficient (Wildman–Crippen LogP) is 3.30. The quantitative estimate of drug-likeness (QED) is 0.836. The van der Waals surface area contributed by atoms with Crippen LogP contribution in [0.1, 0.15) is 24.9 Å². The summed E-state index contributed by atoms with van der Waals surface area (Å²) in [6.45, 7) is 2.18. The van der Waals surface area contributed by atoms with Crippen LogP contribution in [0, 0.1) is 0 Å². The maximum atomic E-state index is 4.20. The lowest BCUT2D eigenvalue weighted by molar-refractivity contribution is 0.576. The molecule has 18 heavy (non-hydrogen) atoms. The van der Waals surface area contributed by atoms with E-state index in [1.54, 1.807) is 24.2 Å². The van der Waals surface area contributed by atoms with E-state index in [0.29, 0.717) is 6.04 Å². The van der Waals surface area contributed by atoms with Crippen LogP contribution in [-0.4, -0.2) is 17.0 Å². The molecule has 4 heteroatoms. The van der Waals surface area contributed by atoms with E-state index in [0.717, 1.165) is 16.5 Å². The highest BCUT2D eigenvalue weighted by molar-refractivity contribution is 7.99. The van der Waals surface area contributed by atoms with Crippen molar-refractivity contribution in [2.45, 2.75) is 29.4 Å². The van der Waals surface area contributed by atoms with Gasteiger partial charge in [0.05, 0.1) is 0 Å². The molecular formula is C14H17N3S. The molecule has 1 atom stereocenters.